The number of ketones is 1. The molecule has 0 heterocycles. The number of Topliss-reactive ketones (excluding diaryl/α,β-unsaturated/α-hetero) is 1. The molecule has 0 amide bonds. The van der Waals surface area contributed by atoms with E-state index in [0.717, 1.165) is 51.4 Å². The standard InChI is InChI=1S/C25H40O5/c1-14(5-10-20(27)30-4)18-8-9-19-17-7-6-15-13-16(26)11-12-24(15,2)21(17)22(28)23(29)25(18,19)3/h14-19,21-22,26,28H,5-13H2,1-4H3/t14-,15-,16-,17+,18-,19+,21-,22-,24+,25-/m1/s1. The minimum Gasteiger partial charge on any atom is -0.469 e. The maximum absolute atomic E-state index is 13.8. The first-order chi connectivity index (χ1) is 14.1. The summed E-state index contributed by atoms with van der Waals surface area (Å²) in [7, 11) is 1.42. The Hall–Kier alpha value is -0.940. The molecule has 0 aromatic heterocycles. The predicted octanol–water partition coefficient (Wildman–Crippen LogP) is 3.75. The zero-order chi connectivity index (χ0) is 21.8. The van der Waals surface area contributed by atoms with Crippen LogP contribution >= 0.6 is 0 Å². The molecule has 4 fully saturated rings. The van der Waals surface area contributed by atoms with Gasteiger partial charge < -0.3 is 14.9 Å². The first-order valence-corrected chi connectivity index (χ1v) is 12.1. The van der Waals surface area contributed by atoms with Crippen molar-refractivity contribution in [1.29, 1.82) is 0 Å². The smallest absolute Gasteiger partial charge is 0.305 e. The van der Waals surface area contributed by atoms with E-state index in [-0.39, 0.29) is 41.0 Å². The molecule has 0 aromatic carbocycles. The van der Waals surface area contributed by atoms with Crippen LogP contribution in [0.2, 0.25) is 0 Å². The number of hydrogen-bond acceptors (Lipinski definition) is 5. The van der Waals surface area contributed by atoms with Crippen LogP contribution in [0.1, 0.15) is 78.6 Å². The van der Waals surface area contributed by atoms with Crippen LogP contribution in [-0.2, 0) is 14.3 Å². The third-order valence-corrected chi connectivity index (χ3v) is 10.3. The number of carbonyl (C=O) groups is 2. The number of ether oxygens (including phenoxy) is 1. The Labute approximate surface area is 180 Å². The zero-order valence-electron chi connectivity index (χ0n) is 19.1. The Balaban J connectivity index is 1.60. The molecule has 0 aliphatic heterocycles. The van der Waals surface area contributed by atoms with E-state index in [2.05, 4.69) is 20.8 Å². The molecule has 30 heavy (non-hydrogen) atoms. The lowest BCUT2D eigenvalue weighted by Crippen LogP contribution is -2.63. The summed E-state index contributed by atoms with van der Waals surface area (Å²) >= 11 is 0. The Morgan fingerprint density at radius 2 is 1.90 bits per heavy atom. The molecule has 170 valence electrons. The van der Waals surface area contributed by atoms with Crippen LogP contribution in [0, 0.1) is 46.3 Å². The third kappa shape index (κ3) is 3.18. The molecule has 0 aromatic rings. The van der Waals surface area contributed by atoms with Crippen molar-refractivity contribution >= 4 is 11.8 Å². The second-order valence-electron chi connectivity index (χ2n) is 11.4. The molecule has 2 N–H and O–H groups in total. The van der Waals surface area contributed by atoms with Gasteiger partial charge in [0.25, 0.3) is 0 Å². The van der Waals surface area contributed by atoms with Crippen molar-refractivity contribution in [3.8, 4) is 0 Å². The molecule has 10 atom stereocenters. The van der Waals surface area contributed by atoms with E-state index < -0.39 is 11.5 Å². The quantitative estimate of drug-likeness (QED) is 0.677. The van der Waals surface area contributed by atoms with E-state index in [0.29, 0.717) is 24.2 Å². The maximum atomic E-state index is 13.8. The number of fused-ring (bicyclic) bond motifs is 5. The first-order valence-electron chi connectivity index (χ1n) is 12.1. The third-order valence-electron chi connectivity index (χ3n) is 10.3. The number of esters is 1. The van der Waals surface area contributed by atoms with Crippen molar-refractivity contribution < 1.29 is 24.5 Å². The average molecular weight is 421 g/mol. The lowest BCUT2D eigenvalue weighted by atomic mass is 9.43. The molecule has 0 radical (unpaired) electrons. The summed E-state index contributed by atoms with van der Waals surface area (Å²) in [5, 5.41) is 21.6. The van der Waals surface area contributed by atoms with Crippen molar-refractivity contribution in [2.24, 2.45) is 46.3 Å². The average Bonchev–Trinajstić information content (AvgIpc) is 3.08. The van der Waals surface area contributed by atoms with Crippen molar-refractivity contribution in [2.45, 2.75) is 90.8 Å². The molecule has 5 nitrogen and oxygen atoms in total. The summed E-state index contributed by atoms with van der Waals surface area (Å²) in [6.45, 7) is 6.56. The molecule has 0 bridgehead atoms. The number of methoxy groups -OCH3 is 1. The van der Waals surface area contributed by atoms with Crippen LogP contribution in [0.15, 0.2) is 0 Å². The Morgan fingerprint density at radius 1 is 1.17 bits per heavy atom. The highest BCUT2D eigenvalue weighted by atomic mass is 16.5. The topological polar surface area (TPSA) is 83.8 Å². The van der Waals surface area contributed by atoms with Gasteiger partial charge in [0.2, 0.25) is 0 Å². The van der Waals surface area contributed by atoms with E-state index in [9.17, 15) is 19.8 Å². The summed E-state index contributed by atoms with van der Waals surface area (Å²) in [6, 6.07) is 0. The minimum absolute atomic E-state index is 0.0263. The molecule has 0 unspecified atom stereocenters. The summed E-state index contributed by atoms with van der Waals surface area (Å²) in [4.78, 5) is 25.4. The van der Waals surface area contributed by atoms with Crippen LogP contribution in [0.5, 0.6) is 0 Å². The second-order valence-corrected chi connectivity index (χ2v) is 11.4. The second kappa shape index (κ2) is 7.88. The first kappa shape index (κ1) is 22.3. The summed E-state index contributed by atoms with van der Waals surface area (Å²) in [6.07, 6.45) is 6.72. The monoisotopic (exact) mass is 420 g/mol. The van der Waals surface area contributed by atoms with Crippen molar-refractivity contribution in [1.82, 2.24) is 0 Å². The van der Waals surface area contributed by atoms with Crippen molar-refractivity contribution in [3.63, 3.8) is 0 Å². The van der Waals surface area contributed by atoms with E-state index >= 15 is 0 Å². The highest BCUT2D eigenvalue weighted by molar-refractivity contribution is 5.91. The molecule has 5 heteroatoms. The lowest BCUT2D eigenvalue weighted by Gasteiger charge is -2.61. The summed E-state index contributed by atoms with van der Waals surface area (Å²) < 4.78 is 4.81. The number of aliphatic hydroxyl groups is 2. The van der Waals surface area contributed by atoms with Gasteiger partial charge in [-0.1, -0.05) is 20.8 Å². The number of hydrogen-bond donors (Lipinski definition) is 2. The van der Waals surface area contributed by atoms with Gasteiger partial charge in [0.15, 0.2) is 5.78 Å². The normalized spacial score (nSPS) is 49.0. The highest BCUT2D eigenvalue weighted by Crippen LogP contribution is 2.67. The molecular formula is C25H40O5. The summed E-state index contributed by atoms with van der Waals surface area (Å²) in [5.41, 5.74) is -0.541. The fraction of sp³-hybridized carbons (Fsp3) is 0.920. The molecule has 4 saturated carbocycles. The molecular weight excluding hydrogens is 380 g/mol. The fourth-order valence-corrected chi connectivity index (χ4v) is 8.66. The van der Waals surface area contributed by atoms with Crippen LogP contribution in [0.25, 0.3) is 0 Å². The Morgan fingerprint density at radius 3 is 2.60 bits per heavy atom. The van der Waals surface area contributed by atoms with Gasteiger partial charge >= 0.3 is 5.97 Å². The van der Waals surface area contributed by atoms with E-state index in [1.165, 1.54) is 7.11 Å². The van der Waals surface area contributed by atoms with Crippen LogP contribution in [0.3, 0.4) is 0 Å². The minimum atomic E-state index is -0.896. The van der Waals surface area contributed by atoms with Gasteiger partial charge in [-0.15, -0.1) is 0 Å². The molecule has 0 spiro atoms. The SMILES string of the molecule is COC(=O)CC[C@@H](C)[C@H]1CC[C@H]2[C@@H]3CC[C@@H]4C[C@H](O)CC[C@]4(C)[C@H]3[C@@H](O)C(=O)[C@]12C. The number of aliphatic hydroxyl groups excluding tert-OH is 2. The van der Waals surface area contributed by atoms with E-state index in [1.54, 1.807) is 0 Å². The van der Waals surface area contributed by atoms with E-state index in [4.69, 9.17) is 4.74 Å². The molecule has 0 saturated heterocycles. The van der Waals surface area contributed by atoms with E-state index in [1.807, 2.05) is 0 Å². The van der Waals surface area contributed by atoms with Gasteiger partial charge in [-0.3, -0.25) is 9.59 Å². The molecule has 4 aliphatic rings. The van der Waals surface area contributed by atoms with Crippen LogP contribution in [-0.4, -0.2) is 41.3 Å². The largest absolute Gasteiger partial charge is 0.469 e. The Kier molecular flexibility index (Phi) is 5.85. The number of carbonyl (C=O) groups excluding carboxylic acids is 2. The van der Waals surface area contributed by atoms with Gasteiger partial charge in [-0.2, -0.15) is 0 Å². The molecule has 4 aliphatic carbocycles. The predicted molar refractivity (Wildman–Crippen MR) is 113 cm³/mol. The van der Waals surface area contributed by atoms with Gasteiger partial charge in [0.05, 0.1) is 13.2 Å². The van der Waals surface area contributed by atoms with Gasteiger partial charge in [-0.05, 0) is 86.4 Å². The maximum Gasteiger partial charge on any atom is 0.305 e. The fourth-order valence-electron chi connectivity index (χ4n) is 8.66. The van der Waals surface area contributed by atoms with Crippen molar-refractivity contribution in [3.05, 3.63) is 0 Å². The van der Waals surface area contributed by atoms with Crippen LogP contribution in [0.4, 0.5) is 0 Å². The van der Waals surface area contributed by atoms with Gasteiger partial charge in [-0.25, -0.2) is 0 Å². The molecule has 4 rings (SSSR count). The Bertz CT molecular complexity index is 691. The zero-order valence-corrected chi connectivity index (χ0v) is 19.1. The summed E-state index contributed by atoms with van der Waals surface area (Å²) in [5.74, 6) is 1.48. The lowest BCUT2D eigenvalue weighted by molar-refractivity contribution is -0.188. The van der Waals surface area contributed by atoms with Crippen molar-refractivity contribution in [2.75, 3.05) is 7.11 Å². The highest BCUT2D eigenvalue weighted by Gasteiger charge is 2.67. The number of rotatable bonds is 4. The van der Waals surface area contributed by atoms with Gasteiger partial charge in [0, 0.05) is 17.8 Å². The van der Waals surface area contributed by atoms with Crippen LogP contribution < -0.4 is 0 Å². The van der Waals surface area contributed by atoms with Gasteiger partial charge in [0.1, 0.15) is 6.10 Å².